The van der Waals surface area contributed by atoms with E-state index in [2.05, 4.69) is 16.1 Å². The number of nitrogens with one attached hydrogen (secondary N) is 1. The Hall–Kier alpha value is -0.900. The Morgan fingerprint density at radius 3 is 2.71 bits per heavy atom. The molecule has 0 spiro atoms. The Kier molecular flexibility index (Phi) is 7.02. The topological polar surface area (TPSA) is 69.0 Å². The number of aromatic nitrogens is 2. The molecule has 1 N–H and O–H groups in total. The molecule has 6 heteroatoms. The minimum absolute atomic E-state index is 0.906. The van der Waals surface area contributed by atoms with Crippen LogP contribution in [-0.2, 0) is 22.6 Å². The summed E-state index contributed by atoms with van der Waals surface area (Å²) >= 11 is 0. The molecule has 1 aromatic rings. The van der Waals surface area contributed by atoms with Crippen molar-refractivity contribution in [2.24, 2.45) is 7.05 Å². The van der Waals surface area contributed by atoms with Gasteiger partial charge in [0.1, 0.15) is 20.6 Å². The number of hydrogen-bond donors (Lipinski definition) is 1. The molecule has 1 unspecified atom stereocenters. The lowest BCUT2D eigenvalue weighted by Crippen LogP contribution is -2.29. The van der Waals surface area contributed by atoms with Crippen LogP contribution in [0, 0.1) is 0 Å². The summed E-state index contributed by atoms with van der Waals surface area (Å²) in [5.41, 5.74) is 0. The van der Waals surface area contributed by atoms with E-state index >= 15 is 0 Å². The zero-order valence-corrected chi connectivity index (χ0v) is 9.32. The molecule has 0 amide bonds. The molecule has 1 atom stereocenters. The van der Waals surface area contributed by atoms with Crippen molar-refractivity contribution >= 4 is 8.25 Å². The highest BCUT2D eigenvalue weighted by molar-refractivity contribution is 7.30. The lowest BCUT2D eigenvalue weighted by atomic mass is 10.4. The number of allylic oxidation sites excluding steroid dienone is 1. The fraction of sp³-hybridized carbons (Fsp3) is 0.375. The van der Waals surface area contributed by atoms with Crippen molar-refractivity contribution < 1.29 is 18.5 Å². The molecule has 0 fully saturated rings. The third-order valence-electron chi connectivity index (χ3n) is 1.48. The SMILES string of the molecule is C=CCc1[nH]cc[n+]1C.CO[PH](=O)[O-]. The van der Waals surface area contributed by atoms with Crippen molar-refractivity contribution in [2.45, 2.75) is 6.42 Å². The van der Waals surface area contributed by atoms with Crippen LogP contribution in [0.2, 0.25) is 0 Å². The van der Waals surface area contributed by atoms with Crippen molar-refractivity contribution in [1.29, 1.82) is 0 Å². The van der Waals surface area contributed by atoms with Crippen LogP contribution in [0.4, 0.5) is 0 Å². The quantitative estimate of drug-likeness (QED) is 0.439. The van der Waals surface area contributed by atoms with Gasteiger partial charge in [-0.15, -0.1) is 6.58 Å². The maximum atomic E-state index is 9.22. The molecular weight excluding hydrogens is 203 g/mol. The van der Waals surface area contributed by atoms with Gasteiger partial charge in [0.25, 0.3) is 5.82 Å². The number of H-pyrrole nitrogens is 1. The van der Waals surface area contributed by atoms with Gasteiger partial charge in [-0.3, -0.25) is 0 Å². The van der Waals surface area contributed by atoms with Gasteiger partial charge in [-0.05, 0) is 0 Å². The fourth-order valence-electron chi connectivity index (χ4n) is 0.777. The molecule has 0 aliphatic carbocycles. The summed E-state index contributed by atoms with van der Waals surface area (Å²) in [4.78, 5) is 12.3. The molecule has 14 heavy (non-hydrogen) atoms. The second kappa shape index (κ2) is 7.50. The summed E-state index contributed by atoms with van der Waals surface area (Å²) in [6, 6.07) is 0. The number of nitrogens with zero attached hydrogens (tertiary/aromatic N) is 1. The zero-order chi connectivity index (χ0) is 11.0. The normalized spacial score (nSPS) is 11.4. The molecule has 1 rings (SSSR count). The van der Waals surface area contributed by atoms with Crippen molar-refractivity contribution in [2.75, 3.05) is 7.11 Å². The largest absolute Gasteiger partial charge is 0.781 e. The van der Waals surface area contributed by atoms with Crippen LogP contribution < -0.4 is 9.46 Å². The zero-order valence-electron chi connectivity index (χ0n) is 8.32. The highest BCUT2D eigenvalue weighted by atomic mass is 31.1. The Labute approximate surface area is 84.0 Å². The van der Waals surface area contributed by atoms with E-state index in [-0.39, 0.29) is 0 Å². The number of hydrogen-bond acceptors (Lipinski definition) is 3. The van der Waals surface area contributed by atoms with E-state index in [1.807, 2.05) is 30.1 Å². The molecule has 1 aromatic heterocycles. The van der Waals surface area contributed by atoms with Crippen molar-refractivity contribution in [1.82, 2.24) is 4.98 Å². The van der Waals surface area contributed by atoms with E-state index in [0.29, 0.717) is 0 Å². The lowest BCUT2D eigenvalue weighted by molar-refractivity contribution is -0.677. The molecule has 0 radical (unpaired) electrons. The average molecular weight is 218 g/mol. The van der Waals surface area contributed by atoms with E-state index < -0.39 is 8.25 Å². The van der Waals surface area contributed by atoms with Crippen LogP contribution in [-0.4, -0.2) is 12.1 Å². The highest BCUT2D eigenvalue weighted by Gasteiger charge is 2.00. The van der Waals surface area contributed by atoms with E-state index in [0.717, 1.165) is 13.5 Å². The van der Waals surface area contributed by atoms with E-state index in [1.165, 1.54) is 5.82 Å². The summed E-state index contributed by atoms with van der Waals surface area (Å²) in [6.07, 6.45) is 6.69. The smallest absolute Gasteiger partial charge is 0.257 e. The standard InChI is InChI=1S/C7H10N2.CH5O3P/c1-3-4-7-8-5-6-9(7)2;1-4-5(2)3/h3,5-6H,1,4H2,2H3;5H,1H3,(H,2,3). The van der Waals surface area contributed by atoms with Gasteiger partial charge >= 0.3 is 0 Å². The maximum absolute atomic E-state index is 9.22. The van der Waals surface area contributed by atoms with Gasteiger partial charge in [0, 0.05) is 7.11 Å². The van der Waals surface area contributed by atoms with Gasteiger partial charge in [0.2, 0.25) is 0 Å². The maximum Gasteiger partial charge on any atom is 0.257 e. The second-order valence-electron chi connectivity index (χ2n) is 2.46. The molecule has 0 bridgehead atoms. The summed E-state index contributed by atoms with van der Waals surface area (Å²) in [5, 5.41) is 0. The van der Waals surface area contributed by atoms with Gasteiger partial charge in [-0.25, -0.2) is 9.55 Å². The minimum Gasteiger partial charge on any atom is -0.781 e. The molecular formula is C8H15N2O3P. The van der Waals surface area contributed by atoms with Crippen molar-refractivity contribution in [3.05, 3.63) is 30.9 Å². The monoisotopic (exact) mass is 218 g/mol. The Morgan fingerprint density at radius 1 is 1.86 bits per heavy atom. The Morgan fingerprint density at radius 2 is 2.43 bits per heavy atom. The third kappa shape index (κ3) is 5.70. The number of imidazole rings is 1. The third-order valence-corrected chi connectivity index (χ3v) is 1.81. The van der Waals surface area contributed by atoms with Crippen LogP contribution in [0.15, 0.2) is 25.0 Å². The van der Waals surface area contributed by atoms with Gasteiger partial charge in [0.15, 0.2) is 0 Å². The van der Waals surface area contributed by atoms with E-state index in [1.54, 1.807) is 0 Å². The fourth-order valence-corrected chi connectivity index (χ4v) is 0.777. The van der Waals surface area contributed by atoms with Gasteiger partial charge in [0.05, 0.1) is 13.5 Å². The van der Waals surface area contributed by atoms with Crippen molar-refractivity contribution in [3.8, 4) is 0 Å². The molecule has 5 nitrogen and oxygen atoms in total. The molecule has 1 heterocycles. The van der Waals surface area contributed by atoms with Gasteiger partial charge in [-0.2, -0.15) is 0 Å². The molecule has 0 saturated heterocycles. The lowest BCUT2D eigenvalue weighted by Gasteiger charge is -1.95. The highest BCUT2D eigenvalue weighted by Crippen LogP contribution is 2.02. The second-order valence-corrected chi connectivity index (χ2v) is 3.37. The summed E-state index contributed by atoms with van der Waals surface area (Å²) in [6.45, 7) is 3.64. The van der Waals surface area contributed by atoms with Gasteiger partial charge in [-0.1, -0.05) is 6.08 Å². The summed E-state index contributed by atoms with van der Waals surface area (Å²) in [7, 11) is 0.255. The van der Waals surface area contributed by atoms with Gasteiger partial charge < -0.3 is 14.0 Å². The number of aromatic amines is 1. The van der Waals surface area contributed by atoms with Crippen LogP contribution in [0.5, 0.6) is 0 Å². The number of aryl methyl sites for hydroxylation is 1. The Bertz CT molecular complexity index is 299. The van der Waals surface area contributed by atoms with Crippen LogP contribution in [0.1, 0.15) is 5.82 Å². The first-order valence-electron chi connectivity index (χ1n) is 3.99. The Balaban J connectivity index is 0.000000292. The molecule has 0 aliphatic rings. The average Bonchev–Trinajstić information content (AvgIpc) is 2.54. The number of rotatable bonds is 3. The van der Waals surface area contributed by atoms with Crippen LogP contribution >= 0.6 is 8.25 Å². The first-order valence-corrected chi connectivity index (χ1v) is 5.22. The first kappa shape index (κ1) is 13.1. The van der Waals surface area contributed by atoms with Crippen LogP contribution in [0.25, 0.3) is 0 Å². The van der Waals surface area contributed by atoms with Crippen molar-refractivity contribution in [3.63, 3.8) is 0 Å². The molecule has 0 saturated carbocycles. The summed E-state index contributed by atoms with van der Waals surface area (Å²) < 4.78 is 15.0. The predicted molar refractivity (Wildman–Crippen MR) is 51.9 cm³/mol. The first-order chi connectivity index (χ1) is 6.61. The van der Waals surface area contributed by atoms with E-state index in [4.69, 9.17) is 0 Å². The summed E-state index contributed by atoms with van der Waals surface area (Å²) in [5.74, 6) is 1.19. The minimum atomic E-state index is -2.87. The molecule has 0 aliphatic heterocycles. The molecule has 0 aromatic carbocycles. The predicted octanol–water partition coefficient (Wildman–Crippen LogP) is -0.0495. The van der Waals surface area contributed by atoms with E-state index in [9.17, 15) is 9.46 Å². The molecule has 80 valence electrons. The van der Waals surface area contributed by atoms with Crippen LogP contribution in [0.3, 0.4) is 0 Å².